The zero-order chi connectivity index (χ0) is 81.4. The Labute approximate surface area is 636 Å². The Morgan fingerprint density at radius 2 is 0.367 bits per heavy atom. The number of benzene rings is 8. The number of carbonyl (C=O) groups is 8. The molecule has 0 aliphatic carbocycles. The first kappa shape index (κ1) is 85.3. The summed E-state index contributed by atoms with van der Waals surface area (Å²) in [5.74, 6) is -5.27. The summed E-state index contributed by atoms with van der Waals surface area (Å²) in [4.78, 5) is 113. The average molecular weight is 1490 g/mol. The van der Waals surface area contributed by atoms with Crippen LogP contribution in [0.4, 0.5) is 0 Å². The van der Waals surface area contributed by atoms with Crippen molar-refractivity contribution in [1.29, 1.82) is 0 Å². The van der Waals surface area contributed by atoms with Crippen LogP contribution in [0.25, 0.3) is 0 Å². The van der Waals surface area contributed by atoms with Gasteiger partial charge < -0.3 is 59.8 Å². The molecule has 576 valence electrons. The van der Waals surface area contributed by atoms with Gasteiger partial charge in [-0.15, -0.1) is 0 Å². The van der Waals surface area contributed by atoms with Gasteiger partial charge in [-0.05, 0) is 155 Å². The van der Waals surface area contributed by atoms with Crippen molar-refractivity contribution in [1.82, 2.24) is 0 Å². The summed E-state index contributed by atoms with van der Waals surface area (Å²) < 4.78 is 30.8. The molecule has 8 aromatic rings. The van der Waals surface area contributed by atoms with Gasteiger partial charge in [0, 0.05) is 58.7 Å². The fraction of sp³-hybridized carbons (Fsp3) is 0.371. The van der Waals surface area contributed by atoms with Gasteiger partial charge in [0.25, 0.3) is 0 Å². The standard InChI is InChI=1S/C89H100O20/c1-79(2,98)71(90)57-27-19-53(20-28-57)69(54-21-29-58(30-22-54)72(91)80(3,4)99)108-51-87(52-109-70(55-23-31-59(32-24-55)73(92)81(5,6)100)56-25-33-60(34-26-56)74(93)82(7,8)101,88(106-17,65-43-35-61(36-44-65)75(94)83(9,10)102)66-45-37-62(38-46-66)76(95)84(11,12)103)89(107-18,67-47-39-63(40-48-67)77(96)85(13,14)104)68-49-41-64(42-50-68)78(97)86(15,16)105/h19-50,69-70,98-105H,51-52H2,1-18H3. The van der Waals surface area contributed by atoms with Crippen LogP contribution in [0.15, 0.2) is 194 Å². The van der Waals surface area contributed by atoms with E-state index in [0.29, 0.717) is 22.3 Å². The molecule has 0 saturated carbocycles. The summed E-state index contributed by atoms with van der Waals surface area (Å²) in [6.45, 7) is 19.9. The minimum atomic E-state index is -2.37. The van der Waals surface area contributed by atoms with E-state index in [4.69, 9.17) is 18.9 Å². The zero-order valence-electron chi connectivity index (χ0n) is 65.0. The second-order valence-corrected chi connectivity index (χ2v) is 32.1. The highest BCUT2D eigenvalue weighted by molar-refractivity contribution is 6.06. The van der Waals surface area contributed by atoms with E-state index in [1.54, 1.807) is 97.1 Å². The lowest BCUT2D eigenvalue weighted by Crippen LogP contribution is -2.66. The van der Waals surface area contributed by atoms with Gasteiger partial charge in [0.1, 0.15) is 68.2 Å². The van der Waals surface area contributed by atoms with E-state index in [-0.39, 0.29) is 66.8 Å². The highest BCUT2D eigenvalue weighted by Crippen LogP contribution is 2.63. The molecule has 0 radical (unpaired) electrons. The number of carbonyl (C=O) groups excluding carboxylic acids is 8. The third kappa shape index (κ3) is 17.9. The maximum Gasteiger partial charge on any atom is 0.193 e. The number of rotatable bonds is 34. The molecule has 0 amide bonds. The maximum absolute atomic E-state index is 14.3. The van der Waals surface area contributed by atoms with E-state index in [9.17, 15) is 79.2 Å². The Morgan fingerprint density at radius 1 is 0.239 bits per heavy atom. The molecule has 0 spiro atoms. The first-order chi connectivity index (χ1) is 50.3. The fourth-order valence-corrected chi connectivity index (χ4v) is 13.7. The summed E-state index contributed by atoms with van der Waals surface area (Å²) in [5, 5.41) is 89.4. The molecule has 0 atom stereocenters. The molecule has 20 heteroatoms. The van der Waals surface area contributed by atoms with Crippen LogP contribution in [-0.2, 0) is 30.1 Å². The summed E-state index contributed by atoms with van der Waals surface area (Å²) in [6.07, 6.45) is -2.67. The van der Waals surface area contributed by atoms with Gasteiger partial charge in [-0.2, -0.15) is 0 Å². The highest BCUT2D eigenvalue weighted by Gasteiger charge is 2.68. The third-order valence-corrected chi connectivity index (χ3v) is 19.5. The highest BCUT2D eigenvalue weighted by atomic mass is 16.5. The molecule has 0 unspecified atom stereocenters. The monoisotopic (exact) mass is 1490 g/mol. The van der Waals surface area contributed by atoms with Crippen LogP contribution in [0.3, 0.4) is 0 Å². The number of aliphatic hydroxyl groups is 8. The Bertz CT molecular complexity index is 4050. The van der Waals surface area contributed by atoms with E-state index in [1.165, 1.54) is 222 Å². The molecule has 0 saturated heterocycles. The Hall–Kier alpha value is -9.36. The zero-order valence-corrected chi connectivity index (χ0v) is 65.0. The first-order valence-corrected chi connectivity index (χ1v) is 35.6. The van der Waals surface area contributed by atoms with Crippen molar-refractivity contribution in [3.8, 4) is 0 Å². The summed E-state index contributed by atoms with van der Waals surface area (Å²) in [7, 11) is 2.75. The van der Waals surface area contributed by atoms with Crippen molar-refractivity contribution < 1.29 is 98.2 Å². The first-order valence-electron chi connectivity index (χ1n) is 35.6. The van der Waals surface area contributed by atoms with E-state index < -0.39 is 133 Å². The lowest BCUT2D eigenvalue weighted by atomic mass is 9.53. The number of ketones is 8. The van der Waals surface area contributed by atoms with Gasteiger partial charge >= 0.3 is 0 Å². The van der Waals surface area contributed by atoms with Crippen molar-refractivity contribution in [2.45, 2.75) is 179 Å². The van der Waals surface area contributed by atoms with Crippen LogP contribution in [0.1, 0.15) is 250 Å². The van der Waals surface area contributed by atoms with Gasteiger partial charge in [0.15, 0.2) is 46.3 Å². The maximum atomic E-state index is 14.3. The second kappa shape index (κ2) is 31.6. The van der Waals surface area contributed by atoms with E-state index in [0.717, 1.165) is 0 Å². The van der Waals surface area contributed by atoms with Crippen LogP contribution in [0.5, 0.6) is 0 Å². The van der Waals surface area contributed by atoms with Gasteiger partial charge in [-0.3, -0.25) is 38.4 Å². The van der Waals surface area contributed by atoms with Crippen molar-refractivity contribution >= 4 is 46.3 Å². The van der Waals surface area contributed by atoms with Gasteiger partial charge in [0.05, 0.1) is 18.6 Å². The topological polar surface area (TPSA) is 335 Å². The van der Waals surface area contributed by atoms with Crippen molar-refractivity contribution in [3.05, 3.63) is 283 Å². The minimum absolute atomic E-state index is 0.0267. The molecule has 8 N–H and O–H groups in total. The Kier molecular flexibility index (Phi) is 24.7. The molecule has 8 rings (SSSR count). The quantitative estimate of drug-likeness (QED) is 0.0174. The number of hydrogen-bond acceptors (Lipinski definition) is 20. The SMILES string of the molecule is COC(c1ccc(C(=O)C(C)(C)O)cc1)(c1ccc(C(=O)C(C)(C)O)cc1)C(COC(c1ccc(C(=O)C(C)(C)O)cc1)c1ccc(C(=O)C(C)(C)O)cc1)(COC(c1ccc(C(=O)C(C)(C)O)cc1)c1ccc(C(=O)C(C)(C)O)cc1)C(OC)(c1ccc(C(=O)C(C)(C)O)cc1)c1ccc(C(=O)C(C)(C)O)cc1. The van der Waals surface area contributed by atoms with E-state index in [1.807, 2.05) is 0 Å². The molecule has 0 aliphatic heterocycles. The summed E-state index contributed by atoms with van der Waals surface area (Å²) in [6, 6.07) is 49.2. The predicted octanol–water partition coefficient (Wildman–Crippen LogP) is 12.4. The molecule has 8 aromatic carbocycles. The molecular formula is C89H100O20. The lowest BCUT2D eigenvalue weighted by Gasteiger charge is -2.59. The largest absolute Gasteiger partial charge is 0.382 e. The fourth-order valence-electron chi connectivity index (χ4n) is 13.7. The van der Waals surface area contributed by atoms with Crippen molar-refractivity contribution in [2.75, 3.05) is 27.4 Å². The molecule has 0 aliphatic rings. The van der Waals surface area contributed by atoms with Crippen LogP contribution in [0.2, 0.25) is 0 Å². The molecule has 0 fully saturated rings. The molecule has 0 bridgehead atoms. The second-order valence-electron chi connectivity index (χ2n) is 32.1. The van der Waals surface area contributed by atoms with Crippen LogP contribution in [0, 0.1) is 5.41 Å². The Balaban J connectivity index is 1.67. The third-order valence-electron chi connectivity index (χ3n) is 19.5. The summed E-state index contributed by atoms with van der Waals surface area (Å²) in [5.41, 5.74) is -19.4. The summed E-state index contributed by atoms with van der Waals surface area (Å²) >= 11 is 0. The molecule has 0 heterocycles. The number of Topliss-reactive ketones (excluding diaryl/α,β-unsaturated/α-hetero) is 8. The van der Waals surface area contributed by atoms with E-state index >= 15 is 0 Å². The predicted molar refractivity (Wildman–Crippen MR) is 410 cm³/mol. The normalized spacial score (nSPS) is 13.2. The van der Waals surface area contributed by atoms with Crippen LogP contribution >= 0.6 is 0 Å². The smallest absolute Gasteiger partial charge is 0.193 e. The van der Waals surface area contributed by atoms with Gasteiger partial charge in [-0.25, -0.2) is 0 Å². The van der Waals surface area contributed by atoms with Crippen molar-refractivity contribution in [3.63, 3.8) is 0 Å². The van der Waals surface area contributed by atoms with Crippen LogP contribution in [-0.4, -0.2) is 159 Å². The lowest BCUT2D eigenvalue weighted by molar-refractivity contribution is -0.249. The average Bonchev–Trinajstić information content (AvgIpc) is 0.682. The molecule has 20 nitrogen and oxygen atoms in total. The van der Waals surface area contributed by atoms with Crippen molar-refractivity contribution in [2.24, 2.45) is 5.41 Å². The number of ether oxygens (including phenoxy) is 4. The number of methoxy groups -OCH3 is 2. The molecule has 109 heavy (non-hydrogen) atoms. The number of hydrogen-bond donors (Lipinski definition) is 8. The molecule has 0 aromatic heterocycles. The van der Waals surface area contributed by atoms with Gasteiger partial charge in [-0.1, -0.05) is 194 Å². The Morgan fingerprint density at radius 3 is 0.486 bits per heavy atom. The minimum Gasteiger partial charge on any atom is -0.382 e. The van der Waals surface area contributed by atoms with Gasteiger partial charge in [0.2, 0.25) is 0 Å². The van der Waals surface area contributed by atoms with E-state index in [2.05, 4.69) is 0 Å². The molecular weight excluding hydrogens is 1390 g/mol. The van der Waals surface area contributed by atoms with Crippen LogP contribution < -0.4 is 0 Å².